The highest BCUT2D eigenvalue weighted by Crippen LogP contribution is 2.35. The fourth-order valence-electron chi connectivity index (χ4n) is 2.63. The molecule has 0 aliphatic heterocycles. The first kappa shape index (κ1) is 19.7. The average molecular weight is 397 g/mol. The summed E-state index contributed by atoms with van der Waals surface area (Å²) in [5.41, 5.74) is -1.06. The van der Waals surface area contributed by atoms with E-state index in [1.54, 1.807) is 0 Å². The molecule has 0 aliphatic rings. The molecule has 0 fully saturated rings. The Morgan fingerprint density at radius 3 is 1.46 bits per heavy atom. The summed E-state index contributed by atoms with van der Waals surface area (Å²) in [5.74, 6) is 0.259. The summed E-state index contributed by atoms with van der Waals surface area (Å²) in [5, 5.41) is 0. The van der Waals surface area contributed by atoms with E-state index < -0.39 is 23.5 Å². The lowest BCUT2D eigenvalue weighted by Crippen LogP contribution is -2.05. The van der Waals surface area contributed by atoms with Crippen molar-refractivity contribution in [3.8, 4) is 28.3 Å². The minimum Gasteiger partial charge on any atom is -0.497 e. The normalized spacial score (nSPS) is 12.1. The van der Waals surface area contributed by atoms with E-state index in [1.807, 2.05) is 0 Å². The number of hydrogen-bond acceptors (Lipinski definition) is 2. The van der Waals surface area contributed by atoms with Gasteiger partial charge in [-0.3, -0.25) is 0 Å². The van der Waals surface area contributed by atoms with Gasteiger partial charge in [-0.1, -0.05) is 24.3 Å². The Kier molecular flexibility index (Phi) is 5.06. The first-order valence-electron chi connectivity index (χ1n) is 7.99. The van der Waals surface area contributed by atoms with Crippen LogP contribution in [0.15, 0.2) is 60.7 Å². The molecular formula is C20H13F6NO. The number of ether oxygens (including phenoxy) is 1. The third-order valence-electron chi connectivity index (χ3n) is 4.01. The number of nitrogens with zero attached hydrogens (tertiary/aromatic N) is 1. The summed E-state index contributed by atoms with van der Waals surface area (Å²) in [6, 6.07) is 11.9. The number of benzene rings is 2. The third-order valence-corrected chi connectivity index (χ3v) is 4.01. The molecule has 8 heteroatoms. The van der Waals surface area contributed by atoms with Crippen LogP contribution in [-0.2, 0) is 12.4 Å². The van der Waals surface area contributed by atoms with Gasteiger partial charge in [0, 0.05) is 23.3 Å². The maximum absolute atomic E-state index is 13.0. The first-order valence-corrected chi connectivity index (χ1v) is 7.99. The Labute approximate surface area is 156 Å². The van der Waals surface area contributed by atoms with Gasteiger partial charge in [0.15, 0.2) is 0 Å². The van der Waals surface area contributed by atoms with Gasteiger partial charge in [0.1, 0.15) is 5.75 Å². The lowest BCUT2D eigenvalue weighted by Gasteiger charge is -2.12. The van der Waals surface area contributed by atoms with Crippen LogP contribution in [0.25, 0.3) is 22.5 Å². The molecule has 0 unspecified atom stereocenters. The zero-order valence-corrected chi connectivity index (χ0v) is 14.4. The molecule has 3 aromatic rings. The van der Waals surface area contributed by atoms with Gasteiger partial charge in [-0.25, -0.2) is 4.98 Å². The molecule has 1 heterocycles. The molecule has 0 N–H and O–H groups in total. The van der Waals surface area contributed by atoms with Crippen molar-refractivity contribution in [3.63, 3.8) is 0 Å². The van der Waals surface area contributed by atoms with Crippen LogP contribution in [0.3, 0.4) is 0 Å². The molecule has 2 nitrogen and oxygen atoms in total. The quantitative estimate of drug-likeness (QED) is 0.473. The van der Waals surface area contributed by atoms with E-state index in [2.05, 4.69) is 4.98 Å². The lowest BCUT2D eigenvalue weighted by atomic mass is 10.0. The summed E-state index contributed by atoms with van der Waals surface area (Å²) in [4.78, 5) is 4.25. The highest BCUT2D eigenvalue weighted by molar-refractivity contribution is 5.69. The van der Waals surface area contributed by atoms with Gasteiger partial charge >= 0.3 is 12.4 Å². The summed E-state index contributed by atoms with van der Waals surface area (Å²) < 4.78 is 83.0. The van der Waals surface area contributed by atoms with Crippen molar-refractivity contribution < 1.29 is 31.1 Å². The second kappa shape index (κ2) is 7.18. The summed E-state index contributed by atoms with van der Waals surface area (Å²) in [6.45, 7) is 0. The molecule has 2 aromatic carbocycles. The van der Waals surface area contributed by atoms with E-state index in [0.29, 0.717) is 0 Å². The first-order chi connectivity index (χ1) is 13.1. The number of rotatable bonds is 3. The Morgan fingerprint density at radius 1 is 0.679 bits per heavy atom. The maximum atomic E-state index is 13.0. The van der Waals surface area contributed by atoms with Crippen molar-refractivity contribution in [2.75, 3.05) is 7.11 Å². The molecule has 3 rings (SSSR count). The predicted molar refractivity (Wildman–Crippen MR) is 91.7 cm³/mol. The Balaban J connectivity index is 2.12. The van der Waals surface area contributed by atoms with Crippen LogP contribution in [0.5, 0.6) is 5.75 Å². The van der Waals surface area contributed by atoms with Gasteiger partial charge in [0.25, 0.3) is 0 Å². The number of pyridine rings is 1. The number of aromatic nitrogens is 1. The minimum absolute atomic E-state index is 0.151. The summed E-state index contributed by atoms with van der Waals surface area (Å²) in [6.07, 6.45) is -9.06. The second-order valence-corrected chi connectivity index (χ2v) is 5.93. The monoisotopic (exact) mass is 397 g/mol. The Hall–Kier alpha value is -3.03. The van der Waals surface area contributed by atoms with E-state index in [0.717, 1.165) is 24.3 Å². The topological polar surface area (TPSA) is 22.1 Å². The second-order valence-electron chi connectivity index (χ2n) is 5.93. The van der Waals surface area contributed by atoms with E-state index in [9.17, 15) is 26.3 Å². The lowest BCUT2D eigenvalue weighted by molar-refractivity contribution is -0.138. The molecule has 0 bridgehead atoms. The van der Waals surface area contributed by atoms with Crippen molar-refractivity contribution in [2.24, 2.45) is 0 Å². The van der Waals surface area contributed by atoms with Gasteiger partial charge < -0.3 is 4.74 Å². The van der Waals surface area contributed by atoms with Crippen molar-refractivity contribution in [1.29, 1.82) is 0 Å². The largest absolute Gasteiger partial charge is 0.497 e. The van der Waals surface area contributed by atoms with Crippen molar-refractivity contribution in [2.45, 2.75) is 12.4 Å². The molecule has 0 amide bonds. The molecular weight excluding hydrogens is 384 g/mol. The molecule has 0 radical (unpaired) electrons. The van der Waals surface area contributed by atoms with Gasteiger partial charge in [-0.15, -0.1) is 0 Å². The van der Waals surface area contributed by atoms with Crippen molar-refractivity contribution in [1.82, 2.24) is 4.98 Å². The van der Waals surface area contributed by atoms with Crippen molar-refractivity contribution in [3.05, 3.63) is 71.8 Å². The van der Waals surface area contributed by atoms with Crippen LogP contribution in [0.4, 0.5) is 26.3 Å². The predicted octanol–water partition coefficient (Wildman–Crippen LogP) is 6.46. The van der Waals surface area contributed by atoms with Crippen LogP contribution in [-0.4, -0.2) is 12.1 Å². The van der Waals surface area contributed by atoms with E-state index in [1.165, 1.54) is 43.5 Å². The van der Waals surface area contributed by atoms with E-state index in [4.69, 9.17) is 4.74 Å². The smallest absolute Gasteiger partial charge is 0.416 e. The highest BCUT2D eigenvalue weighted by atomic mass is 19.4. The van der Waals surface area contributed by atoms with Crippen molar-refractivity contribution >= 4 is 0 Å². The van der Waals surface area contributed by atoms with Crippen LogP contribution >= 0.6 is 0 Å². The summed E-state index contributed by atoms with van der Waals surface area (Å²) in [7, 11) is 1.35. The number of hydrogen-bond donors (Lipinski definition) is 0. The molecule has 146 valence electrons. The Bertz CT molecular complexity index is 919. The van der Waals surface area contributed by atoms with Crippen LogP contribution < -0.4 is 4.74 Å². The van der Waals surface area contributed by atoms with Gasteiger partial charge in [-0.05, 0) is 24.3 Å². The summed E-state index contributed by atoms with van der Waals surface area (Å²) >= 11 is 0. The molecule has 1 aromatic heterocycles. The zero-order chi connectivity index (χ0) is 20.5. The molecule has 0 atom stereocenters. The zero-order valence-electron chi connectivity index (χ0n) is 14.4. The fourth-order valence-corrected chi connectivity index (χ4v) is 2.63. The third kappa shape index (κ3) is 4.27. The average Bonchev–Trinajstić information content (AvgIpc) is 2.66. The van der Waals surface area contributed by atoms with Crippen LogP contribution in [0, 0.1) is 0 Å². The van der Waals surface area contributed by atoms with Crippen LogP contribution in [0.2, 0.25) is 0 Å². The van der Waals surface area contributed by atoms with Gasteiger partial charge in [0.2, 0.25) is 0 Å². The SMILES string of the molecule is COc1cc(-c2cccc(C(F)(F)F)c2)nc(-c2cccc(C(F)(F)F)c2)c1. The van der Waals surface area contributed by atoms with Gasteiger partial charge in [-0.2, -0.15) is 26.3 Å². The van der Waals surface area contributed by atoms with E-state index >= 15 is 0 Å². The number of halogens is 6. The molecule has 28 heavy (non-hydrogen) atoms. The fraction of sp³-hybridized carbons (Fsp3) is 0.150. The maximum Gasteiger partial charge on any atom is 0.416 e. The minimum atomic E-state index is -4.53. The standard InChI is InChI=1S/C20H13F6NO/c1-28-16-10-17(12-4-2-6-14(8-12)19(21,22)23)27-18(11-16)13-5-3-7-15(9-13)20(24,25)26/h2-11H,1H3. The molecule has 0 saturated heterocycles. The molecule has 0 aliphatic carbocycles. The number of methoxy groups -OCH3 is 1. The highest BCUT2D eigenvalue weighted by Gasteiger charge is 2.31. The molecule has 0 spiro atoms. The van der Waals surface area contributed by atoms with Crippen LogP contribution in [0.1, 0.15) is 11.1 Å². The number of alkyl halides is 6. The molecule has 0 saturated carbocycles. The van der Waals surface area contributed by atoms with E-state index in [-0.39, 0.29) is 28.3 Å². The van der Waals surface area contributed by atoms with Gasteiger partial charge in [0.05, 0.1) is 29.6 Å². The Morgan fingerprint density at radius 2 is 1.11 bits per heavy atom.